The fraction of sp³-hybridized carbons (Fsp3) is 0.375. The van der Waals surface area contributed by atoms with Gasteiger partial charge in [0, 0.05) is 44.3 Å². The SMILES string of the molecule is CCOc1cc2c(C#N)c(N3CCOCC3)nc3c2c(n1)NC(c1ccc(N(C)C)cc1)N3. The maximum Gasteiger partial charge on any atom is 0.215 e. The number of hydrogen-bond donors (Lipinski definition) is 2. The third-order valence-corrected chi connectivity index (χ3v) is 5.96. The minimum absolute atomic E-state index is 0.223. The standard InChI is InChI=1S/C24H27N7O2/c1-4-33-19-13-17-18(14-25)24(31-9-11-32-12-10-31)29-23-20(17)22(26-19)27-21(28-23)15-5-7-16(8-6-15)30(2)3/h5-8,13,21H,4,9-12H2,1-3H3,(H,26,27)(H,28,29). The Hall–Kier alpha value is -3.77. The van der Waals surface area contributed by atoms with E-state index in [9.17, 15) is 5.26 Å². The maximum absolute atomic E-state index is 10.1. The molecule has 3 aromatic rings. The van der Waals surface area contributed by atoms with Gasteiger partial charge in [0.05, 0.1) is 25.2 Å². The number of rotatable bonds is 5. The minimum Gasteiger partial charge on any atom is -0.478 e. The summed E-state index contributed by atoms with van der Waals surface area (Å²) in [6, 6.07) is 12.6. The Morgan fingerprint density at radius 1 is 1.15 bits per heavy atom. The van der Waals surface area contributed by atoms with Crippen molar-refractivity contribution in [2.75, 3.05) is 67.4 Å². The van der Waals surface area contributed by atoms with Crippen LogP contribution in [-0.4, -0.2) is 57.0 Å². The first-order valence-electron chi connectivity index (χ1n) is 11.1. The lowest BCUT2D eigenvalue weighted by Gasteiger charge is -2.32. The van der Waals surface area contributed by atoms with Gasteiger partial charge in [-0.25, -0.2) is 4.98 Å². The van der Waals surface area contributed by atoms with Crippen LogP contribution in [0.15, 0.2) is 30.3 Å². The van der Waals surface area contributed by atoms with Gasteiger partial charge in [-0.2, -0.15) is 10.2 Å². The van der Waals surface area contributed by atoms with Crippen LogP contribution in [0.5, 0.6) is 5.88 Å². The van der Waals surface area contributed by atoms with Gasteiger partial charge in [-0.1, -0.05) is 12.1 Å². The zero-order valence-corrected chi connectivity index (χ0v) is 19.1. The van der Waals surface area contributed by atoms with E-state index in [1.165, 1.54) is 0 Å². The van der Waals surface area contributed by atoms with Gasteiger partial charge in [-0.15, -0.1) is 0 Å². The van der Waals surface area contributed by atoms with Crippen molar-refractivity contribution < 1.29 is 9.47 Å². The molecule has 1 fully saturated rings. The average Bonchev–Trinajstić information content (AvgIpc) is 2.84. The smallest absolute Gasteiger partial charge is 0.215 e. The van der Waals surface area contributed by atoms with E-state index in [1.54, 1.807) is 0 Å². The number of hydrogen-bond acceptors (Lipinski definition) is 9. The lowest BCUT2D eigenvalue weighted by atomic mass is 10.0. The average molecular weight is 446 g/mol. The van der Waals surface area contributed by atoms with Crippen molar-refractivity contribution in [3.05, 3.63) is 41.5 Å². The van der Waals surface area contributed by atoms with Crippen molar-refractivity contribution >= 4 is 33.9 Å². The predicted octanol–water partition coefficient (Wildman–Crippen LogP) is 3.34. The molecule has 2 N–H and O–H groups in total. The molecule has 2 aliphatic heterocycles. The molecule has 0 radical (unpaired) electrons. The summed E-state index contributed by atoms with van der Waals surface area (Å²) in [5.41, 5.74) is 2.71. The molecule has 9 heteroatoms. The quantitative estimate of drug-likeness (QED) is 0.613. The first kappa shape index (κ1) is 21.1. The van der Waals surface area contributed by atoms with E-state index < -0.39 is 0 Å². The van der Waals surface area contributed by atoms with Crippen LogP contribution >= 0.6 is 0 Å². The number of ether oxygens (including phenoxy) is 2. The summed E-state index contributed by atoms with van der Waals surface area (Å²) < 4.78 is 11.3. The molecule has 0 bridgehead atoms. The maximum atomic E-state index is 10.1. The molecule has 1 saturated heterocycles. The van der Waals surface area contributed by atoms with E-state index in [1.807, 2.05) is 27.1 Å². The third-order valence-electron chi connectivity index (χ3n) is 5.96. The molecule has 170 valence electrons. The number of nitrogens with zero attached hydrogens (tertiary/aromatic N) is 5. The Labute approximate surface area is 192 Å². The van der Waals surface area contributed by atoms with Crippen LogP contribution in [0.25, 0.3) is 10.8 Å². The van der Waals surface area contributed by atoms with E-state index >= 15 is 0 Å². The molecule has 0 aliphatic carbocycles. The highest BCUT2D eigenvalue weighted by molar-refractivity contribution is 6.07. The van der Waals surface area contributed by atoms with Gasteiger partial charge in [0.25, 0.3) is 0 Å². The zero-order valence-electron chi connectivity index (χ0n) is 19.1. The Morgan fingerprint density at radius 3 is 2.48 bits per heavy atom. The van der Waals surface area contributed by atoms with E-state index in [-0.39, 0.29) is 6.17 Å². The van der Waals surface area contributed by atoms with Crippen LogP contribution in [0, 0.1) is 11.3 Å². The third kappa shape index (κ3) is 3.83. The second-order valence-electron chi connectivity index (χ2n) is 8.24. The Kier molecular flexibility index (Phi) is 5.52. The molecule has 5 rings (SSSR count). The highest BCUT2D eigenvalue weighted by atomic mass is 16.5. The molecular weight excluding hydrogens is 418 g/mol. The van der Waals surface area contributed by atoms with Crippen molar-refractivity contribution in [2.45, 2.75) is 13.1 Å². The lowest BCUT2D eigenvalue weighted by Crippen LogP contribution is -2.37. The fourth-order valence-corrected chi connectivity index (χ4v) is 4.28. The lowest BCUT2D eigenvalue weighted by molar-refractivity contribution is 0.122. The molecule has 33 heavy (non-hydrogen) atoms. The molecule has 9 nitrogen and oxygen atoms in total. The number of anilines is 4. The number of nitriles is 1. The van der Waals surface area contributed by atoms with Crippen LogP contribution in [0.4, 0.5) is 23.1 Å². The van der Waals surface area contributed by atoms with Crippen molar-refractivity contribution in [2.24, 2.45) is 0 Å². The summed E-state index contributed by atoms with van der Waals surface area (Å²) >= 11 is 0. The number of aromatic nitrogens is 2. The molecule has 0 spiro atoms. The summed E-state index contributed by atoms with van der Waals surface area (Å²) in [4.78, 5) is 13.8. The summed E-state index contributed by atoms with van der Waals surface area (Å²) in [6.45, 7) is 5.02. The van der Waals surface area contributed by atoms with Gasteiger partial charge in [0.15, 0.2) is 0 Å². The van der Waals surface area contributed by atoms with Gasteiger partial charge >= 0.3 is 0 Å². The van der Waals surface area contributed by atoms with Gasteiger partial charge in [0.2, 0.25) is 5.88 Å². The summed E-state index contributed by atoms with van der Waals surface area (Å²) in [7, 11) is 4.04. The molecule has 1 unspecified atom stereocenters. The van der Waals surface area contributed by atoms with E-state index in [0.29, 0.717) is 61.8 Å². The molecule has 4 heterocycles. The van der Waals surface area contributed by atoms with Crippen LogP contribution < -0.4 is 25.2 Å². The highest BCUT2D eigenvalue weighted by Gasteiger charge is 2.29. The van der Waals surface area contributed by atoms with Crippen molar-refractivity contribution in [3.8, 4) is 11.9 Å². The molecule has 2 aliphatic rings. The molecule has 0 amide bonds. The number of benzene rings is 1. The number of morpholine rings is 1. The number of pyridine rings is 2. The van der Waals surface area contributed by atoms with Crippen LogP contribution in [0.2, 0.25) is 0 Å². The van der Waals surface area contributed by atoms with Crippen LogP contribution in [0.3, 0.4) is 0 Å². The molecule has 1 aromatic carbocycles. The van der Waals surface area contributed by atoms with Gasteiger partial charge in [-0.05, 0) is 24.6 Å². The van der Waals surface area contributed by atoms with Gasteiger partial charge in [-0.3, -0.25) is 0 Å². The molecule has 0 saturated carbocycles. The zero-order chi connectivity index (χ0) is 22.9. The fourth-order valence-electron chi connectivity index (χ4n) is 4.28. The van der Waals surface area contributed by atoms with Crippen LogP contribution in [-0.2, 0) is 4.74 Å². The monoisotopic (exact) mass is 445 g/mol. The Bertz CT molecular complexity index is 1210. The van der Waals surface area contributed by atoms with Crippen molar-refractivity contribution in [1.82, 2.24) is 9.97 Å². The van der Waals surface area contributed by atoms with Crippen molar-refractivity contribution in [3.63, 3.8) is 0 Å². The van der Waals surface area contributed by atoms with Gasteiger partial charge < -0.3 is 29.9 Å². The molecular formula is C24H27N7O2. The Balaban J connectivity index is 1.64. The predicted molar refractivity (Wildman–Crippen MR) is 129 cm³/mol. The summed E-state index contributed by atoms with van der Waals surface area (Å²) in [5, 5.41) is 18.7. The second kappa shape index (κ2) is 8.64. The number of nitrogens with one attached hydrogen (secondary N) is 2. The van der Waals surface area contributed by atoms with E-state index in [4.69, 9.17) is 19.4 Å². The first-order chi connectivity index (χ1) is 16.1. The van der Waals surface area contributed by atoms with Crippen molar-refractivity contribution in [1.29, 1.82) is 5.26 Å². The first-order valence-corrected chi connectivity index (χ1v) is 11.1. The Morgan fingerprint density at radius 2 is 1.85 bits per heavy atom. The highest BCUT2D eigenvalue weighted by Crippen LogP contribution is 2.42. The minimum atomic E-state index is -0.223. The normalized spacial score (nSPS) is 17.2. The summed E-state index contributed by atoms with van der Waals surface area (Å²) in [6.07, 6.45) is -0.223. The largest absolute Gasteiger partial charge is 0.478 e. The second-order valence-corrected chi connectivity index (χ2v) is 8.24. The summed E-state index contributed by atoms with van der Waals surface area (Å²) in [5.74, 6) is 2.51. The van der Waals surface area contributed by atoms with E-state index in [0.717, 1.165) is 22.0 Å². The van der Waals surface area contributed by atoms with Gasteiger partial charge in [0.1, 0.15) is 35.3 Å². The molecule has 2 aromatic heterocycles. The molecule has 1 atom stereocenters. The van der Waals surface area contributed by atoms with E-state index in [2.05, 4.69) is 50.8 Å². The topological polar surface area (TPSA) is 98.6 Å². The van der Waals surface area contributed by atoms with Crippen LogP contribution in [0.1, 0.15) is 24.2 Å².